The minimum absolute atomic E-state index is 0.180. The number of nitrogens with one attached hydrogen (secondary N) is 2. The quantitative estimate of drug-likeness (QED) is 0.791. The fourth-order valence-electron chi connectivity index (χ4n) is 3.07. The third-order valence-corrected chi connectivity index (χ3v) is 4.32. The Morgan fingerprint density at radius 2 is 2.11 bits per heavy atom. The summed E-state index contributed by atoms with van der Waals surface area (Å²) in [6.45, 7) is 1.05. The zero-order valence-corrected chi connectivity index (χ0v) is 10.3. The molecule has 3 aliphatic rings. The first-order chi connectivity index (χ1) is 8.79. The highest BCUT2D eigenvalue weighted by atomic mass is 16.2. The van der Waals surface area contributed by atoms with Crippen LogP contribution in [0.15, 0.2) is 24.3 Å². The second kappa shape index (κ2) is 3.37. The maximum absolute atomic E-state index is 12.0. The van der Waals surface area contributed by atoms with Gasteiger partial charge in [0.25, 0.3) is 0 Å². The molecule has 0 aromatic heterocycles. The van der Waals surface area contributed by atoms with Crippen LogP contribution in [0, 0.1) is 0 Å². The summed E-state index contributed by atoms with van der Waals surface area (Å²) in [5, 5.41) is 6.44. The molecule has 0 atom stereocenters. The van der Waals surface area contributed by atoms with Crippen LogP contribution >= 0.6 is 0 Å². The zero-order chi connectivity index (χ0) is 12.2. The van der Waals surface area contributed by atoms with Gasteiger partial charge in [0.15, 0.2) is 0 Å². The van der Waals surface area contributed by atoms with E-state index in [2.05, 4.69) is 28.8 Å². The van der Waals surface area contributed by atoms with Crippen molar-refractivity contribution in [2.24, 2.45) is 0 Å². The van der Waals surface area contributed by atoms with Gasteiger partial charge in [0.1, 0.15) is 0 Å². The molecule has 1 saturated carbocycles. The molecule has 0 saturated heterocycles. The van der Waals surface area contributed by atoms with Crippen LogP contribution in [0.25, 0.3) is 5.70 Å². The van der Waals surface area contributed by atoms with E-state index in [0.717, 1.165) is 31.5 Å². The molecular weight excluding hydrogens is 224 g/mol. The number of benzene rings is 1. The molecule has 0 unspecified atom stereocenters. The van der Waals surface area contributed by atoms with E-state index >= 15 is 0 Å². The Balaban J connectivity index is 1.79. The molecule has 1 amide bonds. The fourth-order valence-corrected chi connectivity index (χ4v) is 3.07. The average Bonchev–Trinajstić information content (AvgIpc) is 3.16. The topological polar surface area (TPSA) is 41.1 Å². The Hall–Kier alpha value is -1.77. The summed E-state index contributed by atoms with van der Waals surface area (Å²) in [6, 6.07) is 6.35. The number of allylic oxidation sites excluding steroid dienone is 1. The maximum Gasteiger partial charge on any atom is 0.235 e. The minimum atomic E-state index is -0.180. The van der Waals surface area contributed by atoms with Gasteiger partial charge in [-0.3, -0.25) is 4.79 Å². The standard InChI is InChI=1S/C15H16N2O/c18-14-15(6-7-15)11-9-10(4-5-13(11)17-14)12-3-1-2-8-16-12/h3-5,9,16H,1-2,6-8H2,(H,17,18). The zero-order valence-electron chi connectivity index (χ0n) is 10.3. The van der Waals surface area contributed by atoms with Crippen molar-refractivity contribution < 1.29 is 4.79 Å². The van der Waals surface area contributed by atoms with Crippen LogP contribution in [0.3, 0.4) is 0 Å². The predicted molar refractivity (Wildman–Crippen MR) is 71.2 cm³/mol. The van der Waals surface area contributed by atoms with Crippen LogP contribution in [-0.2, 0) is 10.2 Å². The molecule has 1 aromatic carbocycles. The van der Waals surface area contributed by atoms with Crippen molar-refractivity contribution in [3.05, 3.63) is 35.4 Å². The molecule has 1 aliphatic carbocycles. The summed E-state index contributed by atoms with van der Waals surface area (Å²) in [5.74, 6) is 0.195. The third kappa shape index (κ3) is 1.27. The molecule has 2 heterocycles. The van der Waals surface area contributed by atoms with Gasteiger partial charge in [-0.15, -0.1) is 0 Å². The predicted octanol–water partition coefficient (Wildman–Crippen LogP) is 2.39. The second-order valence-corrected chi connectivity index (χ2v) is 5.48. The highest BCUT2D eigenvalue weighted by molar-refractivity contribution is 6.08. The first-order valence-electron chi connectivity index (χ1n) is 6.70. The van der Waals surface area contributed by atoms with E-state index in [4.69, 9.17) is 0 Å². The van der Waals surface area contributed by atoms with Crippen molar-refractivity contribution in [2.45, 2.75) is 31.1 Å². The van der Waals surface area contributed by atoms with Crippen LogP contribution < -0.4 is 10.6 Å². The van der Waals surface area contributed by atoms with E-state index in [1.807, 2.05) is 6.07 Å². The smallest absolute Gasteiger partial charge is 0.235 e. The van der Waals surface area contributed by atoms with Crippen molar-refractivity contribution in [2.75, 3.05) is 11.9 Å². The summed E-state index contributed by atoms with van der Waals surface area (Å²) in [4.78, 5) is 12.0. The Morgan fingerprint density at radius 3 is 2.83 bits per heavy atom. The van der Waals surface area contributed by atoms with Crippen molar-refractivity contribution >= 4 is 17.3 Å². The van der Waals surface area contributed by atoms with Crippen LogP contribution in [0.2, 0.25) is 0 Å². The molecule has 92 valence electrons. The van der Waals surface area contributed by atoms with Gasteiger partial charge in [-0.2, -0.15) is 0 Å². The molecule has 1 aromatic rings. The lowest BCUT2D eigenvalue weighted by Gasteiger charge is -2.17. The molecule has 3 nitrogen and oxygen atoms in total. The largest absolute Gasteiger partial charge is 0.385 e. The molecule has 18 heavy (non-hydrogen) atoms. The molecule has 3 heteroatoms. The molecular formula is C15H16N2O. The molecule has 4 rings (SSSR count). The Bertz CT molecular complexity index is 570. The van der Waals surface area contributed by atoms with E-state index in [1.165, 1.54) is 23.2 Å². The van der Waals surface area contributed by atoms with Crippen LogP contribution in [0.1, 0.15) is 36.8 Å². The molecule has 2 N–H and O–H groups in total. The Labute approximate surface area is 106 Å². The lowest BCUT2D eigenvalue weighted by Crippen LogP contribution is -2.19. The Morgan fingerprint density at radius 1 is 1.22 bits per heavy atom. The van der Waals surface area contributed by atoms with Gasteiger partial charge in [-0.1, -0.05) is 12.1 Å². The molecule has 1 fully saturated rings. The number of hydrogen-bond donors (Lipinski definition) is 2. The summed E-state index contributed by atoms with van der Waals surface area (Å²) in [6.07, 6.45) is 6.61. The maximum atomic E-state index is 12.0. The number of carbonyl (C=O) groups is 1. The van der Waals surface area contributed by atoms with E-state index in [9.17, 15) is 4.79 Å². The van der Waals surface area contributed by atoms with Gasteiger partial charge in [0, 0.05) is 17.9 Å². The fraction of sp³-hybridized carbons (Fsp3) is 0.400. The van der Waals surface area contributed by atoms with Crippen LogP contribution in [0.5, 0.6) is 0 Å². The number of carbonyl (C=O) groups excluding carboxylic acids is 1. The van der Waals surface area contributed by atoms with Gasteiger partial charge >= 0.3 is 0 Å². The van der Waals surface area contributed by atoms with E-state index in [-0.39, 0.29) is 11.3 Å². The lowest BCUT2D eigenvalue weighted by molar-refractivity contribution is -0.117. The first-order valence-corrected chi connectivity index (χ1v) is 6.70. The average molecular weight is 240 g/mol. The first kappa shape index (κ1) is 10.2. The number of rotatable bonds is 1. The highest BCUT2D eigenvalue weighted by Gasteiger charge is 2.56. The Kier molecular flexibility index (Phi) is 1.91. The summed E-state index contributed by atoms with van der Waals surface area (Å²) in [7, 11) is 0. The van der Waals surface area contributed by atoms with Gasteiger partial charge in [0.2, 0.25) is 5.91 Å². The summed E-state index contributed by atoms with van der Waals surface area (Å²) in [5.41, 5.74) is 4.48. The van der Waals surface area contributed by atoms with Gasteiger partial charge in [-0.05, 0) is 48.9 Å². The van der Waals surface area contributed by atoms with E-state index in [1.54, 1.807) is 0 Å². The molecule has 0 bridgehead atoms. The summed E-state index contributed by atoms with van der Waals surface area (Å²) >= 11 is 0. The van der Waals surface area contributed by atoms with Crippen molar-refractivity contribution in [3.8, 4) is 0 Å². The minimum Gasteiger partial charge on any atom is -0.385 e. The van der Waals surface area contributed by atoms with Gasteiger partial charge in [-0.25, -0.2) is 0 Å². The highest BCUT2D eigenvalue weighted by Crippen LogP contribution is 2.55. The van der Waals surface area contributed by atoms with E-state index in [0.29, 0.717) is 0 Å². The number of hydrogen-bond acceptors (Lipinski definition) is 2. The molecule has 0 radical (unpaired) electrons. The molecule has 2 aliphatic heterocycles. The number of fused-ring (bicyclic) bond motifs is 2. The third-order valence-electron chi connectivity index (χ3n) is 4.32. The summed E-state index contributed by atoms with van der Waals surface area (Å²) < 4.78 is 0. The lowest BCUT2D eigenvalue weighted by atomic mass is 9.94. The normalized spacial score (nSPS) is 23.1. The van der Waals surface area contributed by atoms with Gasteiger partial charge in [0.05, 0.1) is 5.41 Å². The second-order valence-electron chi connectivity index (χ2n) is 5.48. The van der Waals surface area contributed by atoms with Crippen LogP contribution in [-0.4, -0.2) is 12.5 Å². The van der Waals surface area contributed by atoms with Crippen molar-refractivity contribution in [1.82, 2.24) is 5.32 Å². The van der Waals surface area contributed by atoms with E-state index < -0.39 is 0 Å². The number of anilines is 1. The molecule has 1 spiro atoms. The monoisotopic (exact) mass is 240 g/mol. The van der Waals surface area contributed by atoms with Crippen molar-refractivity contribution in [3.63, 3.8) is 0 Å². The van der Waals surface area contributed by atoms with Crippen molar-refractivity contribution in [1.29, 1.82) is 0 Å². The van der Waals surface area contributed by atoms with Gasteiger partial charge < -0.3 is 10.6 Å². The van der Waals surface area contributed by atoms with Crippen LogP contribution in [0.4, 0.5) is 5.69 Å². The number of amides is 1. The SMILES string of the molecule is O=C1Nc2ccc(C3=CCCCN3)cc2C12CC2.